The van der Waals surface area contributed by atoms with Crippen LogP contribution in [-0.4, -0.2) is 63.1 Å². The van der Waals surface area contributed by atoms with Gasteiger partial charge in [0, 0.05) is 30.0 Å². The third-order valence-corrected chi connectivity index (χ3v) is 11.4. The highest BCUT2D eigenvalue weighted by Gasteiger charge is 2.49. The van der Waals surface area contributed by atoms with Gasteiger partial charge in [-0.25, -0.2) is 13.6 Å². The Kier molecular flexibility index (Phi) is 8.92. The smallest absolute Gasteiger partial charge is 0.412 e. The average molecular weight is 764 g/mol. The van der Waals surface area contributed by atoms with E-state index in [1.54, 1.807) is 33.8 Å². The van der Waals surface area contributed by atoms with E-state index in [0.717, 1.165) is 41.9 Å². The fourth-order valence-corrected chi connectivity index (χ4v) is 9.20. The van der Waals surface area contributed by atoms with Gasteiger partial charge in [0.1, 0.15) is 52.5 Å². The van der Waals surface area contributed by atoms with Crippen molar-refractivity contribution in [3.8, 4) is 23.2 Å². The Morgan fingerprint density at radius 1 is 1.25 bits per heavy atom. The number of hydrogen-bond acceptors (Lipinski definition) is 12. The summed E-state index contributed by atoms with van der Waals surface area (Å²) in [6, 6.07) is 6.90. The number of anilines is 2. The highest BCUT2D eigenvalue weighted by molar-refractivity contribution is 7.23. The number of hydrogen-bond donors (Lipinski definition) is 2. The quantitative estimate of drug-likeness (QED) is 0.157. The SMILES string of the molecule is Cc1cc(CNc2nc(OC[C@@]34CCCN3C[C@H](F)C4)nc3c(Cl)c(-c4ccc(F)c5sc(NC(=O)OC(C)(C)C)c(C#N)c45)c4c(c23)COC4)no1. The molecule has 16 heteroatoms. The van der Waals surface area contributed by atoms with Crippen LogP contribution in [0.3, 0.4) is 0 Å². The van der Waals surface area contributed by atoms with Crippen LogP contribution in [0.15, 0.2) is 22.7 Å². The molecular formula is C37H36ClF2N7O5S. The molecule has 3 aliphatic heterocycles. The molecule has 2 atom stereocenters. The highest BCUT2D eigenvalue weighted by atomic mass is 35.5. The molecule has 2 N–H and O–H groups in total. The van der Waals surface area contributed by atoms with E-state index < -0.39 is 29.2 Å². The van der Waals surface area contributed by atoms with Gasteiger partial charge in [0.05, 0.1) is 51.5 Å². The van der Waals surface area contributed by atoms with Crippen molar-refractivity contribution in [3.63, 3.8) is 0 Å². The predicted octanol–water partition coefficient (Wildman–Crippen LogP) is 8.42. The molecule has 8 rings (SSSR count). The Morgan fingerprint density at radius 2 is 2.06 bits per heavy atom. The molecule has 1 amide bonds. The van der Waals surface area contributed by atoms with Crippen LogP contribution in [0.1, 0.15) is 68.2 Å². The van der Waals surface area contributed by atoms with Gasteiger partial charge in [-0.15, -0.1) is 11.3 Å². The van der Waals surface area contributed by atoms with Crippen molar-refractivity contribution in [2.24, 2.45) is 0 Å². The Labute approximate surface area is 312 Å². The zero-order valence-corrected chi connectivity index (χ0v) is 31.1. The van der Waals surface area contributed by atoms with E-state index in [2.05, 4.69) is 26.8 Å². The second-order valence-corrected chi connectivity index (χ2v) is 16.1. The van der Waals surface area contributed by atoms with Crippen LogP contribution in [0.5, 0.6) is 6.01 Å². The van der Waals surface area contributed by atoms with Gasteiger partial charge in [0.2, 0.25) is 0 Å². The Bertz CT molecular complexity index is 2340. The first-order valence-corrected chi connectivity index (χ1v) is 18.5. The topological polar surface area (TPSA) is 148 Å². The molecule has 0 unspecified atom stereocenters. The van der Waals surface area contributed by atoms with E-state index in [1.165, 1.54) is 6.07 Å². The molecule has 5 aromatic rings. The summed E-state index contributed by atoms with van der Waals surface area (Å²) in [6.07, 6.45) is 0.433. The van der Waals surface area contributed by atoms with Crippen LogP contribution in [0, 0.1) is 24.1 Å². The van der Waals surface area contributed by atoms with E-state index in [-0.39, 0.29) is 58.0 Å². The number of fused-ring (bicyclic) bond motifs is 5. The van der Waals surface area contributed by atoms with Gasteiger partial charge in [-0.05, 0) is 69.8 Å². The fraction of sp³-hybridized carbons (Fsp3) is 0.432. The maximum atomic E-state index is 15.5. The van der Waals surface area contributed by atoms with Gasteiger partial charge >= 0.3 is 12.1 Å². The van der Waals surface area contributed by atoms with Gasteiger partial charge in [-0.2, -0.15) is 15.2 Å². The van der Waals surface area contributed by atoms with Crippen molar-refractivity contribution in [2.75, 3.05) is 30.3 Å². The zero-order valence-electron chi connectivity index (χ0n) is 29.5. The molecule has 53 heavy (non-hydrogen) atoms. The van der Waals surface area contributed by atoms with Crippen LogP contribution >= 0.6 is 22.9 Å². The lowest BCUT2D eigenvalue weighted by molar-refractivity contribution is 0.0636. The summed E-state index contributed by atoms with van der Waals surface area (Å²) in [7, 11) is 0. The van der Waals surface area contributed by atoms with Crippen LogP contribution in [0.4, 0.5) is 24.4 Å². The normalized spacial score (nSPS) is 19.8. The van der Waals surface area contributed by atoms with E-state index >= 15 is 4.39 Å². The number of carbonyl (C=O) groups is 1. The van der Waals surface area contributed by atoms with E-state index in [9.17, 15) is 14.4 Å². The summed E-state index contributed by atoms with van der Waals surface area (Å²) in [5, 5.41) is 21.8. The Balaban J connectivity index is 1.28. The van der Waals surface area contributed by atoms with Crippen molar-refractivity contribution in [3.05, 3.63) is 57.2 Å². The van der Waals surface area contributed by atoms with Crippen LogP contribution < -0.4 is 15.4 Å². The molecular weight excluding hydrogens is 728 g/mol. The molecule has 0 radical (unpaired) electrons. The third kappa shape index (κ3) is 6.41. The first kappa shape index (κ1) is 35.4. The molecule has 3 aliphatic rings. The van der Waals surface area contributed by atoms with Crippen LogP contribution in [0.25, 0.3) is 32.1 Å². The second-order valence-electron chi connectivity index (χ2n) is 14.7. The largest absolute Gasteiger partial charge is 0.461 e. The molecule has 0 aliphatic carbocycles. The van der Waals surface area contributed by atoms with Gasteiger partial charge in [-0.3, -0.25) is 10.2 Å². The second kappa shape index (κ2) is 13.3. The number of nitrogens with zero attached hydrogens (tertiary/aromatic N) is 5. The number of nitrogens with one attached hydrogen (secondary N) is 2. The number of halogens is 3. The standard InChI is InChI=1S/C37H36ClF2N7O5S/c1-18-10-20(46-52-18)13-42-32-28-24-16-49-15-23(24)26(29(38)30(28)43-34(44-32)50-17-37-8-5-9-47(37)14-19(39)11-37)21-6-7-25(40)31-27(21)22(12-41)33(53-31)45-35(48)51-36(2,3)4/h6-7,10,19H,5,8-9,11,13-17H2,1-4H3,(H,45,48)(H,42,43,44)/t19-,37+/m1/s1. The lowest BCUT2D eigenvalue weighted by Gasteiger charge is -2.30. The molecule has 0 saturated carbocycles. The molecule has 12 nitrogen and oxygen atoms in total. The summed E-state index contributed by atoms with van der Waals surface area (Å²) in [5.74, 6) is 0.518. The number of nitriles is 1. The highest BCUT2D eigenvalue weighted by Crippen LogP contribution is 2.50. The average Bonchev–Trinajstić information content (AvgIpc) is 3.92. The number of benzene rings is 2. The van der Waals surface area contributed by atoms with Gasteiger partial charge < -0.3 is 24.1 Å². The van der Waals surface area contributed by atoms with Gasteiger partial charge in [0.25, 0.3) is 0 Å². The Hall–Kier alpha value is -4.62. The van der Waals surface area contributed by atoms with Crippen molar-refractivity contribution >= 4 is 60.8 Å². The molecule has 276 valence electrons. The minimum Gasteiger partial charge on any atom is -0.461 e. The summed E-state index contributed by atoms with van der Waals surface area (Å²) >= 11 is 8.31. The Morgan fingerprint density at radius 3 is 2.81 bits per heavy atom. The van der Waals surface area contributed by atoms with Crippen LogP contribution in [-0.2, 0) is 29.2 Å². The molecule has 2 fully saturated rings. The number of carbonyl (C=O) groups excluding carboxylic acids is 1. The third-order valence-electron chi connectivity index (χ3n) is 9.91. The van der Waals surface area contributed by atoms with Gasteiger partial charge in [-0.1, -0.05) is 22.8 Å². The maximum absolute atomic E-state index is 15.5. The number of ether oxygens (including phenoxy) is 3. The van der Waals surface area contributed by atoms with Crippen molar-refractivity contribution in [2.45, 2.75) is 84.0 Å². The number of thiophene rings is 1. The number of alkyl halides is 1. The van der Waals surface area contributed by atoms with E-state index in [4.69, 9.17) is 40.3 Å². The summed E-state index contributed by atoms with van der Waals surface area (Å²) < 4.78 is 53.3. The summed E-state index contributed by atoms with van der Waals surface area (Å²) in [6.45, 7) is 9.00. The number of rotatable bonds is 8. The molecule has 6 heterocycles. The molecule has 0 bridgehead atoms. The van der Waals surface area contributed by atoms with Crippen molar-refractivity contribution in [1.29, 1.82) is 5.26 Å². The minimum absolute atomic E-state index is 0.0490. The molecule has 0 spiro atoms. The summed E-state index contributed by atoms with van der Waals surface area (Å²) in [5.41, 5.74) is 2.30. The first-order valence-electron chi connectivity index (χ1n) is 17.3. The first-order chi connectivity index (χ1) is 25.3. The lowest BCUT2D eigenvalue weighted by atomic mass is 9.91. The molecule has 2 saturated heterocycles. The molecule has 2 aromatic carbocycles. The van der Waals surface area contributed by atoms with E-state index in [0.29, 0.717) is 52.3 Å². The predicted molar refractivity (Wildman–Crippen MR) is 196 cm³/mol. The fourth-order valence-electron chi connectivity index (χ4n) is 7.78. The van der Waals surface area contributed by atoms with Gasteiger partial charge in [0.15, 0.2) is 0 Å². The van der Waals surface area contributed by atoms with Crippen molar-refractivity contribution in [1.82, 2.24) is 20.0 Å². The lowest BCUT2D eigenvalue weighted by Crippen LogP contribution is -2.43. The number of aromatic nitrogens is 3. The molecule has 3 aromatic heterocycles. The van der Waals surface area contributed by atoms with Crippen LogP contribution in [0.2, 0.25) is 5.02 Å². The summed E-state index contributed by atoms with van der Waals surface area (Å²) in [4.78, 5) is 24.6. The maximum Gasteiger partial charge on any atom is 0.412 e. The van der Waals surface area contributed by atoms with Crippen molar-refractivity contribution < 1.29 is 32.3 Å². The van der Waals surface area contributed by atoms with E-state index in [1.807, 2.05) is 6.07 Å². The monoisotopic (exact) mass is 763 g/mol. The number of aryl methyl sites for hydroxylation is 1. The minimum atomic E-state index is -0.929. The zero-order chi connectivity index (χ0) is 37.2. The number of amides is 1.